The summed E-state index contributed by atoms with van der Waals surface area (Å²) in [5, 5.41) is 8.81. The van der Waals surface area contributed by atoms with E-state index in [1.54, 1.807) is 0 Å². The molecule has 0 unspecified atom stereocenters. The van der Waals surface area contributed by atoms with Crippen molar-refractivity contribution >= 4 is 65.4 Å². The number of fused-ring (bicyclic) bond motifs is 9. The van der Waals surface area contributed by atoms with Gasteiger partial charge in [0.15, 0.2) is 17.5 Å². The fourth-order valence-electron chi connectivity index (χ4n) is 7.71. The molecule has 242 valence electrons. The van der Waals surface area contributed by atoms with Crippen molar-refractivity contribution in [1.82, 2.24) is 15.0 Å². The van der Waals surface area contributed by atoms with Crippen LogP contribution in [0.5, 0.6) is 0 Å². The van der Waals surface area contributed by atoms with Gasteiger partial charge >= 0.3 is 0 Å². The number of furan rings is 2. The van der Waals surface area contributed by atoms with Crippen LogP contribution in [0, 0.1) is 0 Å². The second-order valence-electron chi connectivity index (χ2n) is 13.1. The van der Waals surface area contributed by atoms with E-state index in [2.05, 4.69) is 91.0 Å². The molecule has 0 radical (unpaired) electrons. The number of hydrogen-bond donors (Lipinski definition) is 0. The van der Waals surface area contributed by atoms with Crippen LogP contribution in [0.25, 0.3) is 111 Å². The molecule has 11 rings (SSSR count). The zero-order valence-corrected chi connectivity index (χ0v) is 27.7. The Bertz CT molecular complexity index is 3190. The predicted molar refractivity (Wildman–Crippen MR) is 211 cm³/mol. The van der Waals surface area contributed by atoms with Gasteiger partial charge in [0.1, 0.15) is 22.3 Å². The summed E-state index contributed by atoms with van der Waals surface area (Å²) < 4.78 is 13.0. The molecule has 8 aromatic carbocycles. The molecule has 0 spiro atoms. The maximum absolute atomic E-state index is 6.75. The summed E-state index contributed by atoms with van der Waals surface area (Å²) in [5.41, 5.74) is 8.01. The minimum atomic E-state index is 0.581. The minimum Gasteiger partial charge on any atom is -0.456 e. The van der Waals surface area contributed by atoms with Crippen LogP contribution in [0.2, 0.25) is 0 Å². The zero-order valence-electron chi connectivity index (χ0n) is 27.7. The topological polar surface area (TPSA) is 65.0 Å². The van der Waals surface area contributed by atoms with E-state index in [9.17, 15) is 0 Å². The van der Waals surface area contributed by atoms with Gasteiger partial charge in [-0.2, -0.15) is 0 Å². The Morgan fingerprint density at radius 1 is 0.327 bits per heavy atom. The molecule has 5 heteroatoms. The lowest BCUT2D eigenvalue weighted by atomic mass is 9.95. The summed E-state index contributed by atoms with van der Waals surface area (Å²) in [5.74, 6) is 1.80. The Hall–Kier alpha value is -7.11. The van der Waals surface area contributed by atoms with Crippen LogP contribution in [-0.4, -0.2) is 15.0 Å². The van der Waals surface area contributed by atoms with Gasteiger partial charge in [-0.3, -0.25) is 0 Å². The number of rotatable bonds is 4. The van der Waals surface area contributed by atoms with Crippen molar-refractivity contribution in [3.63, 3.8) is 0 Å². The third kappa shape index (κ3) is 4.39. The van der Waals surface area contributed by atoms with Gasteiger partial charge in [0.25, 0.3) is 0 Å². The van der Waals surface area contributed by atoms with Gasteiger partial charge in [-0.25, -0.2) is 15.0 Å². The highest BCUT2D eigenvalue weighted by atomic mass is 16.3. The Labute approximate surface area is 297 Å². The normalized spacial score (nSPS) is 11.8. The van der Waals surface area contributed by atoms with Gasteiger partial charge in [0.05, 0.1) is 0 Å². The molecule has 0 bridgehead atoms. The molecule has 0 aliphatic carbocycles. The smallest absolute Gasteiger partial charge is 0.164 e. The Morgan fingerprint density at radius 2 is 0.923 bits per heavy atom. The lowest BCUT2D eigenvalue weighted by molar-refractivity contribution is 0.668. The second kappa shape index (κ2) is 11.2. The molecule has 0 aliphatic heterocycles. The number of hydrogen-bond acceptors (Lipinski definition) is 5. The van der Waals surface area contributed by atoms with Crippen LogP contribution in [0.15, 0.2) is 173 Å². The van der Waals surface area contributed by atoms with Crippen molar-refractivity contribution in [3.8, 4) is 45.3 Å². The molecule has 52 heavy (non-hydrogen) atoms. The van der Waals surface area contributed by atoms with Gasteiger partial charge in [-0.15, -0.1) is 0 Å². The van der Waals surface area contributed by atoms with E-state index in [0.29, 0.717) is 17.5 Å². The summed E-state index contributed by atoms with van der Waals surface area (Å²) in [7, 11) is 0. The number of aromatic nitrogens is 3. The summed E-state index contributed by atoms with van der Waals surface area (Å²) in [6.45, 7) is 0. The lowest BCUT2D eigenvalue weighted by Gasteiger charge is -2.12. The molecule has 11 aromatic rings. The zero-order chi connectivity index (χ0) is 34.2. The summed E-state index contributed by atoms with van der Waals surface area (Å²) in [4.78, 5) is 15.5. The van der Waals surface area contributed by atoms with Crippen molar-refractivity contribution in [2.24, 2.45) is 0 Å². The van der Waals surface area contributed by atoms with Crippen molar-refractivity contribution in [2.45, 2.75) is 0 Å². The number of benzene rings is 8. The monoisotopic (exact) mass is 665 g/mol. The minimum absolute atomic E-state index is 0.581. The van der Waals surface area contributed by atoms with Crippen LogP contribution >= 0.6 is 0 Å². The molecule has 3 aromatic heterocycles. The highest BCUT2D eigenvalue weighted by Gasteiger charge is 2.22. The summed E-state index contributed by atoms with van der Waals surface area (Å²) >= 11 is 0. The third-order valence-corrected chi connectivity index (χ3v) is 10.1. The van der Waals surface area contributed by atoms with Gasteiger partial charge < -0.3 is 8.83 Å². The maximum atomic E-state index is 6.75. The average Bonchev–Trinajstić information content (AvgIpc) is 3.80. The molecule has 0 fully saturated rings. The van der Waals surface area contributed by atoms with Crippen LogP contribution in [0.4, 0.5) is 0 Å². The van der Waals surface area contributed by atoms with Gasteiger partial charge in [0, 0.05) is 43.8 Å². The molecule has 5 nitrogen and oxygen atoms in total. The molecule has 0 aliphatic rings. The highest BCUT2D eigenvalue weighted by Crippen LogP contribution is 2.45. The Kier molecular flexibility index (Phi) is 6.18. The molecule has 0 N–H and O–H groups in total. The fourth-order valence-corrected chi connectivity index (χ4v) is 7.71. The molecule has 3 heterocycles. The lowest BCUT2D eigenvalue weighted by Crippen LogP contribution is -2.00. The molecular weight excluding hydrogens is 639 g/mol. The molecule has 0 amide bonds. The van der Waals surface area contributed by atoms with Crippen LogP contribution < -0.4 is 0 Å². The highest BCUT2D eigenvalue weighted by molar-refractivity contribution is 6.20. The first-order valence-electron chi connectivity index (χ1n) is 17.4. The predicted octanol–water partition coefficient (Wildman–Crippen LogP) is 12.6. The Morgan fingerprint density at radius 3 is 1.75 bits per heavy atom. The largest absolute Gasteiger partial charge is 0.456 e. The molecule has 0 atom stereocenters. The maximum Gasteiger partial charge on any atom is 0.164 e. The van der Waals surface area contributed by atoms with E-state index in [0.717, 1.165) is 77.1 Å². The van der Waals surface area contributed by atoms with Gasteiger partial charge in [-0.1, -0.05) is 127 Å². The average molecular weight is 666 g/mol. The van der Waals surface area contributed by atoms with Crippen LogP contribution in [0.3, 0.4) is 0 Å². The number of para-hydroxylation sites is 2. The van der Waals surface area contributed by atoms with E-state index < -0.39 is 0 Å². The van der Waals surface area contributed by atoms with E-state index in [4.69, 9.17) is 23.8 Å². The van der Waals surface area contributed by atoms with E-state index in [-0.39, 0.29) is 0 Å². The second-order valence-corrected chi connectivity index (χ2v) is 13.1. The van der Waals surface area contributed by atoms with Crippen molar-refractivity contribution in [3.05, 3.63) is 164 Å². The van der Waals surface area contributed by atoms with Crippen LogP contribution in [-0.2, 0) is 0 Å². The first kappa shape index (κ1) is 28.7. The summed E-state index contributed by atoms with van der Waals surface area (Å²) in [6.07, 6.45) is 0. The Balaban J connectivity index is 1.19. The van der Waals surface area contributed by atoms with Crippen molar-refractivity contribution < 1.29 is 8.83 Å². The molecule has 0 saturated carbocycles. The van der Waals surface area contributed by atoms with Crippen molar-refractivity contribution in [1.29, 1.82) is 0 Å². The quantitative estimate of drug-likeness (QED) is 0.175. The van der Waals surface area contributed by atoms with Crippen molar-refractivity contribution in [2.75, 3.05) is 0 Å². The third-order valence-electron chi connectivity index (χ3n) is 10.1. The fraction of sp³-hybridized carbons (Fsp3) is 0. The summed E-state index contributed by atoms with van der Waals surface area (Å²) in [6, 6.07) is 56.2. The van der Waals surface area contributed by atoms with E-state index in [1.807, 2.05) is 72.8 Å². The number of nitrogens with zero attached hydrogens (tertiary/aromatic N) is 3. The molecule has 0 saturated heterocycles. The first-order chi connectivity index (χ1) is 25.8. The molecular formula is C47H27N3O2. The van der Waals surface area contributed by atoms with Crippen LogP contribution in [0.1, 0.15) is 0 Å². The van der Waals surface area contributed by atoms with E-state index >= 15 is 0 Å². The first-order valence-corrected chi connectivity index (χ1v) is 17.4. The van der Waals surface area contributed by atoms with Gasteiger partial charge in [-0.05, 0) is 63.5 Å². The van der Waals surface area contributed by atoms with E-state index in [1.165, 1.54) is 16.2 Å². The standard InChI is InChI=1S/C47H27N3O2/c1-2-12-30(13-3-1)45-48-46(31-24-23-29-22-21-28-11-4-5-14-32(28)38(29)27-31)50-47(49-45)37-26-25-34(44-43(37)36-16-7-9-19-40(36)52-44)33-17-10-20-41-42(33)35-15-6-8-18-39(35)51-41/h1-27H. The SMILES string of the molecule is c1ccc(-c2nc(-c3ccc4ccc5ccccc5c4c3)nc(-c3ccc(-c4cccc5oc6ccccc6c45)c4oc5ccccc5c34)n2)cc1. The van der Waals surface area contributed by atoms with Gasteiger partial charge in [0.2, 0.25) is 0 Å².